The van der Waals surface area contributed by atoms with E-state index in [1.165, 1.54) is 0 Å². The number of para-hydroxylation sites is 2. The molecule has 0 unspecified atom stereocenters. The maximum absolute atomic E-state index is 4.08. The normalized spacial score (nSPS) is 11.8. The summed E-state index contributed by atoms with van der Waals surface area (Å²) in [6, 6.07) is 15.5. The van der Waals surface area contributed by atoms with Gasteiger partial charge in [-0.05, 0) is 24.3 Å². The van der Waals surface area contributed by atoms with Crippen molar-refractivity contribution in [3.63, 3.8) is 0 Å². The molecule has 0 bridgehead atoms. The van der Waals surface area contributed by atoms with Gasteiger partial charge in [0, 0.05) is 0 Å². The van der Waals surface area contributed by atoms with Crippen molar-refractivity contribution in [3.05, 3.63) is 54.7 Å². The van der Waals surface area contributed by atoms with Crippen LogP contribution >= 0.6 is 0 Å². The molecule has 2 heterocycles. The van der Waals surface area contributed by atoms with Crippen molar-refractivity contribution in [2.75, 3.05) is 0 Å². The van der Waals surface area contributed by atoms with Gasteiger partial charge >= 0.3 is 0 Å². The van der Waals surface area contributed by atoms with Gasteiger partial charge in [-0.15, -0.1) is 10.2 Å². The lowest BCUT2D eigenvalue weighted by atomic mass is 10.3. The second kappa shape index (κ2) is 4.27. The summed E-state index contributed by atoms with van der Waals surface area (Å²) >= 11 is 0. The molecule has 0 saturated carbocycles. The molecule has 6 nitrogen and oxygen atoms in total. The number of hydrogen-bond acceptors (Lipinski definition) is 4. The predicted octanol–water partition coefficient (Wildman–Crippen LogP) is 1.96. The van der Waals surface area contributed by atoms with E-state index in [2.05, 4.69) is 26.8 Å². The molecule has 4 aromatic rings. The Morgan fingerprint density at radius 1 is 0.800 bits per heavy atom. The van der Waals surface area contributed by atoms with E-state index in [0.717, 1.165) is 22.1 Å². The Kier molecular flexibility index (Phi) is 2.32. The van der Waals surface area contributed by atoms with Crippen molar-refractivity contribution >= 4 is 28.3 Å². The third kappa shape index (κ3) is 1.66. The van der Waals surface area contributed by atoms with E-state index in [9.17, 15) is 0 Å². The van der Waals surface area contributed by atoms with Gasteiger partial charge in [0.05, 0.1) is 17.2 Å². The third-order valence-electron chi connectivity index (χ3n) is 3.03. The van der Waals surface area contributed by atoms with Gasteiger partial charge in [-0.3, -0.25) is 0 Å². The average molecular weight is 261 g/mol. The van der Waals surface area contributed by atoms with E-state index in [-0.39, 0.29) is 0 Å². The zero-order valence-corrected chi connectivity index (χ0v) is 10.4. The van der Waals surface area contributed by atoms with E-state index >= 15 is 0 Å². The zero-order valence-electron chi connectivity index (χ0n) is 10.4. The lowest BCUT2D eigenvalue weighted by Crippen LogP contribution is -1.95. The molecule has 0 spiro atoms. The molecule has 0 fully saturated rings. The Hall–Kier alpha value is -3.02. The number of rotatable bonds is 2. The molecule has 0 atom stereocenters. The topological polar surface area (TPSA) is 61.4 Å². The molecule has 1 radical (unpaired) electrons. The van der Waals surface area contributed by atoms with Crippen LogP contribution in [0.4, 0.5) is 0 Å². The van der Waals surface area contributed by atoms with Gasteiger partial charge in [0.25, 0.3) is 0 Å². The molecule has 0 aliphatic heterocycles. The van der Waals surface area contributed by atoms with Gasteiger partial charge in [0.15, 0.2) is 0 Å². The number of benzene rings is 2. The first-order valence-corrected chi connectivity index (χ1v) is 6.12. The second-order valence-corrected chi connectivity index (χ2v) is 4.27. The van der Waals surface area contributed by atoms with Crippen LogP contribution in [0, 0.1) is 6.20 Å². The van der Waals surface area contributed by atoms with Gasteiger partial charge in [-0.2, -0.15) is 0 Å². The molecule has 0 N–H and O–H groups in total. The smallest absolute Gasteiger partial charge is 0.113 e. The average Bonchev–Trinajstić information content (AvgIpc) is 3.09. The third-order valence-corrected chi connectivity index (χ3v) is 3.03. The lowest BCUT2D eigenvalue weighted by molar-refractivity contribution is 0.793. The van der Waals surface area contributed by atoms with E-state index in [1.807, 2.05) is 48.5 Å². The fourth-order valence-electron chi connectivity index (χ4n) is 2.06. The van der Waals surface area contributed by atoms with Crippen LogP contribution in [0.3, 0.4) is 0 Å². The Balaban J connectivity index is 1.78. The molecule has 2 aromatic heterocycles. The molecule has 20 heavy (non-hydrogen) atoms. The Labute approximate surface area is 113 Å². The highest BCUT2D eigenvalue weighted by Gasteiger charge is 2.02. The van der Waals surface area contributed by atoms with Crippen LogP contribution in [0.25, 0.3) is 28.3 Å². The lowest BCUT2D eigenvalue weighted by Gasteiger charge is -1.94. The van der Waals surface area contributed by atoms with Crippen LogP contribution in [0.5, 0.6) is 0 Å². The van der Waals surface area contributed by atoms with Gasteiger partial charge in [0.1, 0.15) is 17.2 Å². The zero-order chi connectivity index (χ0) is 13.4. The first kappa shape index (κ1) is 10.9. The highest BCUT2D eigenvalue weighted by molar-refractivity contribution is 5.76. The molecule has 2 aromatic carbocycles. The standard InChI is InChI=1S/C14H9N6/c1-3-7-13-11(5-1)15-17-19(13)9-10-20-14-8-4-2-6-12(14)16-18-20/h1-9H. The highest BCUT2D eigenvalue weighted by Crippen LogP contribution is 2.11. The van der Waals surface area contributed by atoms with Crippen molar-refractivity contribution in [2.45, 2.75) is 0 Å². The van der Waals surface area contributed by atoms with E-state index < -0.39 is 0 Å². The summed E-state index contributed by atoms with van der Waals surface area (Å²) < 4.78 is 3.25. The Morgan fingerprint density at radius 3 is 2.30 bits per heavy atom. The largest absolute Gasteiger partial charge is 0.218 e. The molecular formula is C14H9N6. The van der Waals surface area contributed by atoms with Crippen LogP contribution < -0.4 is 0 Å². The van der Waals surface area contributed by atoms with Gasteiger partial charge < -0.3 is 0 Å². The van der Waals surface area contributed by atoms with Gasteiger partial charge in [0.2, 0.25) is 0 Å². The summed E-state index contributed by atoms with van der Waals surface area (Å²) in [6.07, 6.45) is 4.73. The monoisotopic (exact) mass is 261 g/mol. The Bertz CT molecular complexity index is 841. The number of hydrogen-bond donors (Lipinski definition) is 0. The minimum atomic E-state index is 0.830. The van der Waals surface area contributed by atoms with Crippen molar-refractivity contribution in [3.8, 4) is 0 Å². The summed E-state index contributed by atoms with van der Waals surface area (Å²) in [5, 5.41) is 16.2. The molecule has 6 heteroatoms. The molecule has 0 saturated heterocycles. The van der Waals surface area contributed by atoms with Crippen LogP contribution in [0.2, 0.25) is 0 Å². The summed E-state index contributed by atoms with van der Waals surface area (Å²) in [6.45, 7) is 0. The van der Waals surface area contributed by atoms with E-state index in [4.69, 9.17) is 0 Å². The van der Waals surface area contributed by atoms with Crippen LogP contribution in [0.1, 0.15) is 0 Å². The second-order valence-electron chi connectivity index (χ2n) is 4.27. The van der Waals surface area contributed by atoms with E-state index in [0.29, 0.717) is 0 Å². The number of nitrogens with zero attached hydrogens (tertiary/aromatic N) is 6. The van der Waals surface area contributed by atoms with Crippen LogP contribution in [-0.2, 0) is 0 Å². The fourth-order valence-corrected chi connectivity index (χ4v) is 2.06. The van der Waals surface area contributed by atoms with E-state index in [1.54, 1.807) is 15.6 Å². The first-order chi connectivity index (χ1) is 9.92. The van der Waals surface area contributed by atoms with Gasteiger partial charge in [-0.25, -0.2) is 9.36 Å². The van der Waals surface area contributed by atoms with Gasteiger partial charge in [-0.1, -0.05) is 34.7 Å². The summed E-state index contributed by atoms with van der Waals surface area (Å²) in [4.78, 5) is 0. The van der Waals surface area contributed by atoms with Crippen molar-refractivity contribution in [1.82, 2.24) is 30.0 Å². The first-order valence-electron chi connectivity index (χ1n) is 6.12. The molecule has 95 valence electrons. The molecule has 4 rings (SSSR count). The maximum atomic E-state index is 4.08. The predicted molar refractivity (Wildman–Crippen MR) is 74.5 cm³/mol. The number of aromatic nitrogens is 6. The number of fused-ring (bicyclic) bond motifs is 2. The summed E-state index contributed by atoms with van der Waals surface area (Å²) in [5.74, 6) is 0. The van der Waals surface area contributed by atoms with Crippen molar-refractivity contribution in [1.29, 1.82) is 0 Å². The molecule has 0 aliphatic carbocycles. The van der Waals surface area contributed by atoms with Crippen molar-refractivity contribution in [2.24, 2.45) is 0 Å². The summed E-state index contributed by atoms with van der Waals surface area (Å²) in [7, 11) is 0. The molecule has 0 amide bonds. The SMILES string of the molecule is [C](=Cn1nnc2ccccc21)n1nnc2ccccc21. The molecule has 0 aliphatic rings. The molecular weight excluding hydrogens is 252 g/mol. The van der Waals surface area contributed by atoms with Crippen LogP contribution in [-0.4, -0.2) is 30.0 Å². The van der Waals surface area contributed by atoms with Crippen LogP contribution in [0.15, 0.2) is 48.5 Å². The Morgan fingerprint density at radius 2 is 1.45 bits per heavy atom. The summed E-state index contributed by atoms with van der Waals surface area (Å²) in [5.41, 5.74) is 3.49. The van der Waals surface area contributed by atoms with Crippen molar-refractivity contribution < 1.29 is 0 Å². The quantitative estimate of drug-likeness (QED) is 0.553. The maximum Gasteiger partial charge on any atom is 0.113 e. The highest BCUT2D eigenvalue weighted by atomic mass is 15.4. The minimum absolute atomic E-state index is 0.830. The minimum Gasteiger partial charge on any atom is -0.218 e. The fraction of sp³-hybridized carbons (Fsp3) is 0.